The van der Waals surface area contributed by atoms with Crippen LogP contribution < -0.4 is 10.6 Å². The summed E-state index contributed by atoms with van der Waals surface area (Å²) in [5.74, 6) is -1.09. The fourth-order valence-electron chi connectivity index (χ4n) is 1.71. The lowest BCUT2D eigenvalue weighted by molar-refractivity contribution is 0.0698. The van der Waals surface area contributed by atoms with Crippen molar-refractivity contribution in [2.45, 2.75) is 13.0 Å². The molecular formula is C13H14N4O3. The molecule has 1 unspecified atom stereocenters. The number of carboxylic acids is 1. The first-order valence-electron chi connectivity index (χ1n) is 5.96. The number of nitrogens with zero attached hydrogens (tertiary/aromatic N) is 1. The van der Waals surface area contributed by atoms with Crippen molar-refractivity contribution in [2.24, 2.45) is 0 Å². The molecular weight excluding hydrogens is 260 g/mol. The summed E-state index contributed by atoms with van der Waals surface area (Å²) in [5, 5.41) is 20.7. The van der Waals surface area contributed by atoms with Crippen LogP contribution >= 0.6 is 0 Å². The second kappa shape index (κ2) is 5.87. The number of urea groups is 1. The van der Waals surface area contributed by atoms with Gasteiger partial charge in [-0.05, 0) is 19.1 Å². The average molecular weight is 274 g/mol. The van der Waals surface area contributed by atoms with E-state index in [1.54, 1.807) is 31.5 Å². The molecule has 0 aliphatic heterocycles. The number of carboxylic acid groups (broad SMARTS) is 1. The van der Waals surface area contributed by atoms with Crippen LogP contribution in [0, 0.1) is 0 Å². The van der Waals surface area contributed by atoms with Crippen molar-refractivity contribution in [2.75, 3.05) is 5.32 Å². The number of carbonyl (C=O) groups excluding carboxylic acids is 1. The minimum Gasteiger partial charge on any atom is -0.478 e. The zero-order chi connectivity index (χ0) is 14.5. The van der Waals surface area contributed by atoms with Crippen LogP contribution in [0.1, 0.15) is 28.9 Å². The maximum Gasteiger partial charge on any atom is 0.337 e. The van der Waals surface area contributed by atoms with Gasteiger partial charge >= 0.3 is 12.0 Å². The summed E-state index contributed by atoms with van der Waals surface area (Å²) in [4.78, 5) is 22.9. The minimum absolute atomic E-state index is 0.0404. The maximum absolute atomic E-state index is 11.8. The Kier molecular flexibility index (Phi) is 3.99. The molecule has 0 aliphatic carbocycles. The molecule has 1 atom stereocenters. The topological polar surface area (TPSA) is 107 Å². The molecule has 1 heterocycles. The number of rotatable bonds is 4. The van der Waals surface area contributed by atoms with Gasteiger partial charge in [0, 0.05) is 11.8 Å². The Morgan fingerprint density at radius 3 is 2.75 bits per heavy atom. The van der Waals surface area contributed by atoms with Crippen molar-refractivity contribution in [1.29, 1.82) is 0 Å². The first-order valence-corrected chi connectivity index (χ1v) is 5.96. The largest absolute Gasteiger partial charge is 0.478 e. The number of aromatic carboxylic acids is 1. The van der Waals surface area contributed by atoms with Crippen molar-refractivity contribution in [3.05, 3.63) is 47.8 Å². The normalized spacial score (nSPS) is 11.7. The van der Waals surface area contributed by atoms with Gasteiger partial charge < -0.3 is 15.7 Å². The number of para-hydroxylation sites is 1. The molecule has 0 spiro atoms. The molecule has 20 heavy (non-hydrogen) atoms. The molecule has 0 saturated carbocycles. The summed E-state index contributed by atoms with van der Waals surface area (Å²) in [6, 6.07) is 5.49. The van der Waals surface area contributed by atoms with Gasteiger partial charge in [-0.25, -0.2) is 9.59 Å². The third kappa shape index (κ3) is 3.14. The minimum atomic E-state index is -1.09. The highest BCUT2D eigenvalue weighted by atomic mass is 16.4. The Morgan fingerprint density at radius 2 is 2.10 bits per heavy atom. The van der Waals surface area contributed by atoms with Crippen molar-refractivity contribution >= 4 is 17.7 Å². The van der Waals surface area contributed by atoms with E-state index in [0.29, 0.717) is 0 Å². The van der Waals surface area contributed by atoms with E-state index in [1.807, 2.05) is 0 Å². The van der Waals surface area contributed by atoms with E-state index < -0.39 is 12.0 Å². The van der Waals surface area contributed by atoms with E-state index >= 15 is 0 Å². The van der Waals surface area contributed by atoms with Crippen LogP contribution in [0.3, 0.4) is 0 Å². The summed E-state index contributed by atoms with van der Waals surface area (Å²) in [7, 11) is 0. The Morgan fingerprint density at radius 1 is 1.35 bits per heavy atom. The van der Waals surface area contributed by atoms with Crippen LogP contribution in [0.15, 0.2) is 36.7 Å². The molecule has 7 heteroatoms. The predicted molar refractivity (Wildman–Crippen MR) is 72.6 cm³/mol. The Balaban J connectivity index is 2.03. The molecule has 0 fully saturated rings. The second-order valence-electron chi connectivity index (χ2n) is 4.20. The van der Waals surface area contributed by atoms with Gasteiger partial charge in [0.2, 0.25) is 0 Å². The number of hydrogen-bond acceptors (Lipinski definition) is 3. The number of hydrogen-bond donors (Lipinski definition) is 4. The van der Waals surface area contributed by atoms with Gasteiger partial charge in [-0.2, -0.15) is 5.10 Å². The van der Waals surface area contributed by atoms with Crippen molar-refractivity contribution < 1.29 is 14.7 Å². The lowest BCUT2D eigenvalue weighted by Crippen LogP contribution is -2.31. The van der Waals surface area contributed by atoms with Gasteiger partial charge in [0.1, 0.15) is 0 Å². The first-order chi connectivity index (χ1) is 9.58. The first kappa shape index (κ1) is 13.6. The molecule has 1 aromatic carbocycles. The van der Waals surface area contributed by atoms with E-state index in [9.17, 15) is 9.59 Å². The average Bonchev–Trinajstić information content (AvgIpc) is 2.92. The highest BCUT2D eigenvalue weighted by Crippen LogP contribution is 2.15. The molecule has 2 rings (SSSR count). The molecule has 0 aliphatic rings. The van der Waals surface area contributed by atoms with Crippen LogP contribution in [0.4, 0.5) is 10.5 Å². The van der Waals surface area contributed by atoms with E-state index in [4.69, 9.17) is 5.11 Å². The third-order valence-electron chi connectivity index (χ3n) is 2.77. The molecule has 7 nitrogen and oxygen atoms in total. The summed E-state index contributed by atoms with van der Waals surface area (Å²) in [6.45, 7) is 1.80. The number of anilines is 1. The smallest absolute Gasteiger partial charge is 0.337 e. The fraction of sp³-hybridized carbons (Fsp3) is 0.154. The van der Waals surface area contributed by atoms with Gasteiger partial charge in [0.15, 0.2) is 0 Å². The van der Waals surface area contributed by atoms with Crippen LogP contribution in [-0.4, -0.2) is 27.3 Å². The number of H-pyrrole nitrogens is 1. The molecule has 0 radical (unpaired) electrons. The molecule has 4 N–H and O–H groups in total. The van der Waals surface area contributed by atoms with E-state index in [1.165, 1.54) is 12.1 Å². The summed E-state index contributed by atoms with van der Waals surface area (Å²) in [6.07, 6.45) is 3.28. The highest BCUT2D eigenvalue weighted by Gasteiger charge is 2.14. The molecule has 1 aromatic heterocycles. The Bertz CT molecular complexity index is 610. The van der Waals surface area contributed by atoms with Crippen LogP contribution in [-0.2, 0) is 0 Å². The second-order valence-corrected chi connectivity index (χ2v) is 4.20. The van der Waals surface area contributed by atoms with Gasteiger partial charge in [0.25, 0.3) is 0 Å². The van der Waals surface area contributed by atoms with E-state index in [2.05, 4.69) is 20.8 Å². The van der Waals surface area contributed by atoms with E-state index in [-0.39, 0.29) is 17.3 Å². The van der Waals surface area contributed by atoms with Crippen LogP contribution in [0.25, 0.3) is 0 Å². The summed E-state index contributed by atoms with van der Waals surface area (Å²) >= 11 is 0. The van der Waals surface area contributed by atoms with Crippen LogP contribution in [0.5, 0.6) is 0 Å². The van der Waals surface area contributed by atoms with Crippen LogP contribution in [0.2, 0.25) is 0 Å². The molecule has 104 valence electrons. The van der Waals surface area contributed by atoms with Crippen molar-refractivity contribution in [3.8, 4) is 0 Å². The Hall–Kier alpha value is -2.83. The lowest BCUT2D eigenvalue weighted by Gasteiger charge is -2.14. The quantitative estimate of drug-likeness (QED) is 0.683. The molecule has 0 bridgehead atoms. The molecule has 2 amide bonds. The summed E-state index contributed by atoms with van der Waals surface area (Å²) in [5.41, 5.74) is 1.11. The molecule has 0 saturated heterocycles. The fourth-order valence-corrected chi connectivity index (χ4v) is 1.71. The number of aromatic nitrogens is 2. The van der Waals surface area contributed by atoms with Gasteiger partial charge in [-0.15, -0.1) is 0 Å². The van der Waals surface area contributed by atoms with Crippen molar-refractivity contribution in [3.63, 3.8) is 0 Å². The zero-order valence-corrected chi connectivity index (χ0v) is 10.8. The van der Waals surface area contributed by atoms with Gasteiger partial charge in [0.05, 0.1) is 23.5 Å². The lowest BCUT2D eigenvalue weighted by atomic mass is 10.2. The van der Waals surface area contributed by atoms with Crippen molar-refractivity contribution in [1.82, 2.24) is 15.5 Å². The monoisotopic (exact) mass is 274 g/mol. The van der Waals surface area contributed by atoms with Gasteiger partial charge in [-0.1, -0.05) is 12.1 Å². The zero-order valence-electron chi connectivity index (χ0n) is 10.8. The summed E-state index contributed by atoms with van der Waals surface area (Å²) < 4.78 is 0. The number of amides is 2. The third-order valence-corrected chi connectivity index (χ3v) is 2.77. The highest BCUT2D eigenvalue weighted by molar-refractivity contribution is 6.00. The molecule has 2 aromatic rings. The number of carbonyl (C=O) groups is 2. The van der Waals surface area contributed by atoms with Gasteiger partial charge in [-0.3, -0.25) is 5.10 Å². The van der Waals surface area contributed by atoms with E-state index in [0.717, 1.165) is 5.56 Å². The maximum atomic E-state index is 11.8. The number of nitrogens with one attached hydrogen (secondary N) is 3. The number of aromatic amines is 1. The Labute approximate surface area is 115 Å². The SMILES string of the molecule is CC(NC(=O)Nc1ccccc1C(=O)O)c1cn[nH]c1. The standard InChI is InChI=1S/C13H14N4O3/c1-8(9-6-14-15-7-9)16-13(20)17-11-5-3-2-4-10(11)12(18)19/h2-8H,1H3,(H,14,15)(H,18,19)(H2,16,17,20). The predicted octanol–water partition coefficient (Wildman–Crippen LogP) is 1.99. The number of benzene rings is 1.